The van der Waals surface area contributed by atoms with E-state index in [0.717, 1.165) is 32.3 Å². The Balaban J connectivity index is 1.32. The molecule has 1 heterocycles. The van der Waals surface area contributed by atoms with Gasteiger partial charge in [-0.25, -0.2) is 0 Å². The molecule has 4 rings (SSSR count). The van der Waals surface area contributed by atoms with Crippen LogP contribution in [0.4, 0.5) is 26.3 Å². The molecule has 34 heavy (non-hydrogen) atoms. The van der Waals surface area contributed by atoms with Crippen molar-refractivity contribution in [2.45, 2.75) is 88.5 Å². The smallest absolute Gasteiger partial charge is 0.378 e. The third-order valence-electron chi connectivity index (χ3n) is 7.40. The molecule has 1 aromatic carbocycles. The van der Waals surface area contributed by atoms with E-state index in [1.807, 2.05) is 0 Å². The normalized spacial score (nSPS) is 30.1. The quantitative estimate of drug-likeness (QED) is 0.538. The molecule has 3 aliphatic rings. The molecule has 1 aromatic rings. The van der Waals surface area contributed by atoms with Gasteiger partial charge in [-0.2, -0.15) is 26.3 Å². The first-order valence-electron chi connectivity index (χ1n) is 11.9. The zero-order chi connectivity index (χ0) is 24.5. The van der Waals surface area contributed by atoms with E-state index >= 15 is 0 Å². The topological polar surface area (TPSA) is 50.4 Å². The molecule has 0 aromatic heterocycles. The maximum Gasteiger partial charge on any atom is 0.416 e. The molecule has 4 nitrogen and oxygen atoms in total. The van der Waals surface area contributed by atoms with Crippen molar-refractivity contribution >= 4 is 5.91 Å². The van der Waals surface area contributed by atoms with Crippen LogP contribution in [0.5, 0.6) is 0 Å². The predicted octanol–water partition coefficient (Wildman–Crippen LogP) is 5.45. The zero-order valence-corrected chi connectivity index (χ0v) is 18.8. The van der Waals surface area contributed by atoms with Crippen molar-refractivity contribution in [1.29, 1.82) is 0 Å². The monoisotopic (exact) mass is 492 g/mol. The minimum atomic E-state index is -4.91. The van der Waals surface area contributed by atoms with E-state index in [1.54, 1.807) is 0 Å². The van der Waals surface area contributed by atoms with Gasteiger partial charge in [0.25, 0.3) is 0 Å². The van der Waals surface area contributed by atoms with Crippen molar-refractivity contribution in [2.75, 3.05) is 6.61 Å². The van der Waals surface area contributed by atoms with Crippen LogP contribution in [0, 0.1) is 11.8 Å². The van der Waals surface area contributed by atoms with Gasteiger partial charge in [-0.15, -0.1) is 0 Å². The molecular formula is C24H30F6N2O2. The summed E-state index contributed by atoms with van der Waals surface area (Å²) in [5.74, 6) is -0.163. The maximum atomic E-state index is 13.1. The summed E-state index contributed by atoms with van der Waals surface area (Å²) in [7, 11) is 0. The molecule has 0 radical (unpaired) electrons. The molecule has 2 aliphatic carbocycles. The highest BCUT2D eigenvalue weighted by atomic mass is 19.4. The number of alkyl halides is 6. The fourth-order valence-electron chi connectivity index (χ4n) is 5.69. The van der Waals surface area contributed by atoms with Gasteiger partial charge in [0.2, 0.25) is 5.91 Å². The second-order valence-corrected chi connectivity index (χ2v) is 9.76. The summed E-state index contributed by atoms with van der Waals surface area (Å²) in [6.07, 6.45) is -1.92. The summed E-state index contributed by atoms with van der Waals surface area (Å²) in [5.41, 5.74) is -2.99. The summed E-state index contributed by atoms with van der Waals surface area (Å²) in [4.78, 5) is 12.6. The number of halogens is 6. The number of amides is 1. The predicted molar refractivity (Wildman–Crippen MR) is 113 cm³/mol. The van der Waals surface area contributed by atoms with E-state index in [9.17, 15) is 31.1 Å². The Morgan fingerprint density at radius 2 is 1.59 bits per heavy atom. The summed E-state index contributed by atoms with van der Waals surface area (Å²) in [6, 6.07) is 1.93. The average Bonchev–Trinajstić information content (AvgIpc) is 3.25. The highest BCUT2D eigenvalue weighted by Gasteiger charge is 2.39. The van der Waals surface area contributed by atoms with Crippen LogP contribution in [0.1, 0.15) is 68.1 Å². The third-order valence-corrected chi connectivity index (χ3v) is 7.40. The number of hydrogen-bond acceptors (Lipinski definition) is 3. The van der Waals surface area contributed by atoms with Crippen molar-refractivity contribution < 1.29 is 35.9 Å². The van der Waals surface area contributed by atoms with Crippen LogP contribution in [0.25, 0.3) is 0 Å². The minimum Gasteiger partial charge on any atom is -0.378 e. The van der Waals surface area contributed by atoms with Gasteiger partial charge in [0.15, 0.2) is 0 Å². The van der Waals surface area contributed by atoms with E-state index < -0.39 is 23.5 Å². The second kappa shape index (κ2) is 10.0. The van der Waals surface area contributed by atoms with E-state index in [-0.39, 0.29) is 36.0 Å². The van der Waals surface area contributed by atoms with Crippen LogP contribution in [-0.2, 0) is 28.4 Å². The van der Waals surface area contributed by atoms with Gasteiger partial charge in [0, 0.05) is 37.1 Å². The van der Waals surface area contributed by atoms with Crippen molar-refractivity contribution in [3.05, 3.63) is 34.9 Å². The molecule has 190 valence electrons. The first-order chi connectivity index (χ1) is 16.0. The second-order valence-electron chi connectivity index (χ2n) is 9.76. The van der Waals surface area contributed by atoms with Crippen LogP contribution in [-0.4, -0.2) is 30.7 Å². The summed E-state index contributed by atoms with van der Waals surface area (Å²) < 4.78 is 84.2. The van der Waals surface area contributed by atoms with Gasteiger partial charge < -0.3 is 15.4 Å². The number of nitrogens with one attached hydrogen (secondary N) is 2. The average molecular weight is 493 g/mol. The SMILES string of the molecule is O=C(NCc1cc(C(F)(F)F)cc(C(F)(F)F)c1)[C@H]1CC[C@@H](NC2CCOC3CCCCC23)C1. The van der Waals surface area contributed by atoms with Crippen LogP contribution in [0.3, 0.4) is 0 Å². The lowest BCUT2D eigenvalue weighted by molar-refractivity contribution is -0.143. The number of carbonyl (C=O) groups is 1. The fraction of sp³-hybridized carbons (Fsp3) is 0.708. The molecule has 3 fully saturated rings. The van der Waals surface area contributed by atoms with E-state index in [4.69, 9.17) is 4.74 Å². The third kappa shape index (κ3) is 6.05. The molecule has 3 unspecified atom stereocenters. The first kappa shape index (κ1) is 25.3. The van der Waals surface area contributed by atoms with Crippen molar-refractivity contribution in [1.82, 2.24) is 10.6 Å². The highest BCUT2D eigenvalue weighted by Crippen LogP contribution is 2.37. The Labute approximate surface area is 194 Å². The molecule has 5 atom stereocenters. The van der Waals surface area contributed by atoms with Gasteiger partial charge in [0.05, 0.1) is 17.2 Å². The standard InChI is InChI=1S/C24H30F6N2O2/c25-23(26,27)16-9-14(10-17(12-16)24(28,29)30)13-31-22(33)15-5-6-18(11-15)32-20-7-8-34-21-4-2-1-3-19(20)21/h9-10,12,15,18-21,32H,1-8,11,13H2,(H,31,33)/t15-,18+,19?,20?,21?/m0/s1. The Bertz CT molecular complexity index is 838. The lowest BCUT2D eigenvalue weighted by Gasteiger charge is -2.42. The summed E-state index contributed by atoms with van der Waals surface area (Å²) in [5, 5.41) is 6.26. The number of fused-ring (bicyclic) bond motifs is 1. The molecule has 2 N–H and O–H groups in total. The number of ether oxygens (including phenoxy) is 1. The lowest BCUT2D eigenvalue weighted by atomic mass is 9.78. The molecule has 0 bridgehead atoms. The first-order valence-corrected chi connectivity index (χ1v) is 11.9. The van der Waals surface area contributed by atoms with Gasteiger partial charge in [-0.3, -0.25) is 4.79 Å². The van der Waals surface area contributed by atoms with Crippen molar-refractivity contribution in [3.8, 4) is 0 Å². The van der Waals surface area contributed by atoms with Crippen molar-refractivity contribution in [2.24, 2.45) is 11.8 Å². The maximum absolute atomic E-state index is 13.1. The Kier molecular flexibility index (Phi) is 7.47. The molecule has 2 saturated carbocycles. The molecule has 1 amide bonds. The van der Waals surface area contributed by atoms with E-state index in [2.05, 4.69) is 10.6 Å². The largest absolute Gasteiger partial charge is 0.416 e. The zero-order valence-electron chi connectivity index (χ0n) is 18.8. The van der Waals surface area contributed by atoms with Gasteiger partial charge in [-0.1, -0.05) is 12.8 Å². The lowest BCUT2D eigenvalue weighted by Crippen LogP contribution is -2.51. The number of carbonyl (C=O) groups excluding carboxylic acids is 1. The van der Waals surface area contributed by atoms with Crippen LogP contribution < -0.4 is 10.6 Å². The number of rotatable bonds is 5. The van der Waals surface area contributed by atoms with Crippen LogP contribution in [0.15, 0.2) is 18.2 Å². The van der Waals surface area contributed by atoms with Crippen LogP contribution in [0.2, 0.25) is 0 Å². The van der Waals surface area contributed by atoms with E-state index in [0.29, 0.717) is 43.0 Å². The summed E-state index contributed by atoms with van der Waals surface area (Å²) in [6.45, 7) is 0.344. The molecule has 0 spiro atoms. The van der Waals surface area contributed by atoms with E-state index in [1.165, 1.54) is 12.8 Å². The number of benzene rings is 1. The molecule has 1 saturated heterocycles. The fourth-order valence-corrected chi connectivity index (χ4v) is 5.69. The van der Waals surface area contributed by atoms with Gasteiger partial charge in [-0.05, 0) is 62.3 Å². The van der Waals surface area contributed by atoms with Crippen LogP contribution >= 0.6 is 0 Å². The Morgan fingerprint density at radius 3 is 2.26 bits per heavy atom. The van der Waals surface area contributed by atoms with Gasteiger partial charge >= 0.3 is 12.4 Å². The summed E-state index contributed by atoms with van der Waals surface area (Å²) >= 11 is 0. The van der Waals surface area contributed by atoms with Crippen molar-refractivity contribution in [3.63, 3.8) is 0 Å². The number of hydrogen-bond donors (Lipinski definition) is 2. The Morgan fingerprint density at radius 1 is 0.912 bits per heavy atom. The molecule has 1 aliphatic heterocycles. The molecule has 10 heteroatoms. The highest BCUT2D eigenvalue weighted by molar-refractivity contribution is 5.79. The molecular weight excluding hydrogens is 462 g/mol. The minimum absolute atomic E-state index is 0.0890. The van der Waals surface area contributed by atoms with Gasteiger partial charge in [0.1, 0.15) is 0 Å². The Hall–Kier alpha value is -1.81.